The van der Waals surface area contributed by atoms with Gasteiger partial charge in [0.05, 0.1) is 19.6 Å². The van der Waals surface area contributed by atoms with Crippen molar-refractivity contribution in [3.63, 3.8) is 0 Å². The molecule has 1 N–H and O–H groups in total. The van der Waals surface area contributed by atoms with Crippen LogP contribution in [0.4, 0.5) is 0 Å². The Labute approximate surface area is 132 Å². The minimum absolute atomic E-state index is 0.0138. The zero-order chi connectivity index (χ0) is 16.1. The molecule has 0 spiro atoms. The zero-order valence-electron chi connectivity index (χ0n) is 13.6. The molecule has 0 aliphatic carbocycles. The first-order valence-electron chi connectivity index (χ1n) is 7.49. The maximum atomic E-state index is 12.2. The lowest BCUT2D eigenvalue weighted by Crippen LogP contribution is -2.28. The Hall–Kier alpha value is -2.29. The van der Waals surface area contributed by atoms with Gasteiger partial charge in [-0.25, -0.2) is 0 Å². The highest BCUT2D eigenvalue weighted by atomic mass is 16.5. The van der Waals surface area contributed by atoms with Crippen LogP contribution in [0.2, 0.25) is 0 Å². The molecule has 2 rings (SSSR count). The van der Waals surface area contributed by atoms with Crippen molar-refractivity contribution in [1.29, 1.82) is 0 Å². The highest BCUT2D eigenvalue weighted by Crippen LogP contribution is 2.26. The predicted molar refractivity (Wildman–Crippen MR) is 89.2 cm³/mol. The van der Waals surface area contributed by atoms with Crippen molar-refractivity contribution < 1.29 is 9.53 Å². The van der Waals surface area contributed by atoms with Crippen LogP contribution in [0.5, 0.6) is 5.75 Å². The van der Waals surface area contributed by atoms with Crippen LogP contribution in [0.1, 0.15) is 35.2 Å². The number of benzene rings is 2. The fourth-order valence-corrected chi connectivity index (χ4v) is 2.45. The third kappa shape index (κ3) is 4.10. The highest BCUT2D eigenvalue weighted by molar-refractivity contribution is 5.79. The molecular weight excluding hydrogens is 274 g/mol. The van der Waals surface area contributed by atoms with E-state index >= 15 is 0 Å². The van der Waals surface area contributed by atoms with Gasteiger partial charge in [0, 0.05) is 5.56 Å². The molecule has 3 nitrogen and oxygen atoms in total. The van der Waals surface area contributed by atoms with Gasteiger partial charge in [-0.3, -0.25) is 4.79 Å². The maximum absolute atomic E-state index is 12.2. The largest absolute Gasteiger partial charge is 0.496 e. The molecule has 0 saturated carbocycles. The van der Waals surface area contributed by atoms with Gasteiger partial charge in [0.25, 0.3) is 0 Å². The molecule has 1 amide bonds. The van der Waals surface area contributed by atoms with Crippen molar-refractivity contribution in [2.45, 2.75) is 33.2 Å². The Bertz CT molecular complexity index is 647. The molecule has 3 heteroatoms. The molecule has 0 aromatic heterocycles. The lowest BCUT2D eigenvalue weighted by atomic mass is 10.0. The summed E-state index contributed by atoms with van der Waals surface area (Å²) in [5.74, 6) is 0.814. The van der Waals surface area contributed by atoms with E-state index in [0.717, 1.165) is 22.4 Å². The first-order chi connectivity index (χ1) is 10.5. The summed E-state index contributed by atoms with van der Waals surface area (Å²) in [7, 11) is 1.65. The molecule has 116 valence electrons. The highest BCUT2D eigenvalue weighted by Gasteiger charge is 2.14. The number of nitrogens with one attached hydrogen (secondary N) is 1. The summed E-state index contributed by atoms with van der Waals surface area (Å²) in [6, 6.07) is 13.9. The summed E-state index contributed by atoms with van der Waals surface area (Å²) in [4.78, 5) is 12.2. The minimum atomic E-state index is -0.0900. The van der Waals surface area contributed by atoms with E-state index in [1.54, 1.807) is 7.11 Å². The third-order valence-corrected chi connectivity index (χ3v) is 3.71. The topological polar surface area (TPSA) is 38.3 Å². The third-order valence-electron chi connectivity index (χ3n) is 3.71. The van der Waals surface area contributed by atoms with Gasteiger partial charge in [0.15, 0.2) is 0 Å². The number of methoxy groups -OCH3 is 1. The molecule has 0 heterocycles. The number of rotatable bonds is 5. The molecule has 2 aromatic carbocycles. The van der Waals surface area contributed by atoms with Crippen LogP contribution < -0.4 is 10.1 Å². The molecule has 2 aromatic rings. The van der Waals surface area contributed by atoms with Gasteiger partial charge in [0.2, 0.25) is 5.91 Å². The number of hydrogen-bond donors (Lipinski definition) is 1. The van der Waals surface area contributed by atoms with Crippen LogP contribution in [0, 0.1) is 13.8 Å². The molecular formula is C19H23NO2. The van der Waals surface area contributed by atoms with Gasteiger partial charge in [-0.2, -0.15) is 0 Å². The molecule has 0 fully saturated rings. The average molecular weight is 297 g/mol. The molecule has 0 unspecified atom stereocenters. The number of amides is 1. The van der Waals surface area contributed by atoms with Crippen molar-refractivity contribution in [2.75, 3.05) is 7.11 Å². The standard InChI is InChI=1S/C19H23NO2/c1-13-5-8-16(9-6-13)12-19(21)20-15(3)17-11-14(2)7-10-18(17)22-4/h5-11,15H,12H2,1-4H3,(H,20,21)/t15-/m0/s1. The van der Waals surface area contributed by atoms with E-state index in [-0.39, 0.29) is 11.9 Å². The van der Waals surface area contributed by atoms with Gasteiger partial charge >= 0.3 is 0 Å². The Balaban J connectivity index is 2.05. The number of carbonyl (C=O) groups excluding carboxylic acids is 1. The number of aryl methyl sites for hydroxylation is 2. The Kier molecular flexibility index (Phi) is 5.21. The van der Waals surface area contributed by atoms with E-state index in [1.165, 1.54) is 5.56 Å². The molecule has 0 aliphatic rings. The number of carbonyl (C=O) groups is 1. The first kappa shape index (κ1) is 16.1. The van der Waals surface area contributed by atoms with Crippen LogP contribution in [0.25, 0.3) is 0 Å². The van der Waals surface area contributed by atoms with Crippen LogP contribution in [0.3, 0.4) is 0 Å². The number of hydrogen-bond acceptors (Lipinski definition) is 2. The van der Waals surface area contributed by atoms with Gasteiger partial charge in [-0.1, -0.05) is 47.5 Å². The maximum Gasteiger partial charge on any atom is 0.224 e. The van der Waals surface area contributed by atoms with Gasteiger partial charge in [0.1, 0.15) is 5.75 Å². The Morgan fingerprint density at radius 3 is 2.36 bits per heavy atom. The second-order valence-electron chi connectivity index (χ2n) is 5.70. The fraction of sp³-hybridized carbons (Fsp3) is 0.316. The van der Waals surface area contributed by atoms with Crippen LogP contribution in [-0.4, -0.2) is 13.0 Å². The van der Waals surface area contributed by atoms with Crippen molar-refractivity contribution in [3.8, 4) is 5.75 Å². The summed E-state index contributed by atoms with van der Waals surface area (Å²) < 4.78 is 5.38. The molecule has 0 saturated heterocycles. The second-order valence-corrected chi connectivity index (χ2v) is 5.70. The van der Waals surface area contributed by atoms with Crippen LogP contribution >= 0.6 is 0 Å². The predicted octanol–water partition coefficient (Wildman–Crippen LogP) is 3.73. The SMILES string of the molecule is COc1ccc(C)cc1[C@H](C)NC(=O)Cc1ccc(C)cc1. The summed E-state index contributed by atoms with van der Waals surface area (Å²) in [6.07, 6.45) is 0.388. The van der Waals surface area contributed by atoms with E-state index in [0.29, 0.717) is 6.42 Å². The fourth-order valence-electron chi connectivity index (χ4n) is 2.45. The normalized spacial score (nSPS) is 11.8. The smallest absolute Gasteiger partial charge is 0.224 e. The lowest BCUT2D eigenvalue weighted by Gasteiger charge is -2.18. The summed E-state index contributed by atoms with van der Waals surface area (Å²) in [5.41, 5.74) is 4.36. The summed E-state index contributed by atoms with van der Waals surface area (Å²) >= 11 is 0. The quantitative estimate of drug-likeness (QED) is 0.913. The van der Waals surface area contributed by atoms with Gasteiger partial charge in [-0.05, 0) is 32.4 Å². The lowest BCUT2D eigenvalue weighted by molar-refractivity contribution is -0.121. The van der Waals surface area contributed by atoms with Crippen LogP contribution in [0.15, 0.2) is 42.5 Å². The monoisotopic (exact) mass is 297 g/mol. The average Bonchev–Trinajstić information content (AvgIpc) is 2.49. The van der Waals surface area contributed by atoms with E-state index in [1.807, 2.05) is 57.2 Å². The van der Waals surface area contributed by atoms with E-state index in [9.17, 15) is 4.79 Å². The summed E-state index contributed by atoms with van der Waals surface area (Å²) in [6.45, 7) is 6.05. The van der Waals surface area contributed by atoms with E-state index in [4.69, 9.17) is 4.74 Å². The van der Waals surface area contributed by atoms with E-state index < -0.39 is 0 Å². The van der Waals surface area contributed by atoms with Crippen molar-refractivity contribution in [3.05, 3.63) is 64.7 Å². The first-order valence-corrected chi connectivity index (χ1v) is 7.49. The number of ether oxygens (including phenoxy) is 1. The molecule has 1 atom stereocenters. The van der Waals surface area contributed by atoms with Crippen molar-refractivity contribution >= 4 is 5.91 Å². The second kappa shape index (κ2) is 7.12. The van der Waals surface area contributed by atoms with Gasteiger partial charge < -0.3 is 10.1 Å². The van der Waals surface area contributed by atoms with Gasteiger partial charge in [-0.15, -0.1) is 0 Å². The zero-order valence-corrected chi connectivity index (χ0v) is 13.6. The molecule has 0 radical (unpaired) electrons. The Morgan fingerprint density at radius 1 is 1.09 bits per heavy atom. The minimum Gasteiger partial charge on any atom is -0.496 e. The van der Waals surface area contributed by atoms with E-state index in [2.05, 4.69) is 11.4 Å². The Morgan fingerprint density at radius 2 is 1.73 bits per heavy atom. The molecule has 0 aliphatic heterocycles. The van der Waals surface area contributed by atoms with Crippen molar-refractivity contribution in [1.82, 2.24) is 5.32 Å². The summed E-state index contributed by atoms with van der Waals surface area (Å²) in [5, 5.41) is 3.04. The van der Waals surface area contributed by atoms with Crippen molar-refractivity contribution in [2.24, 2.45) is 0 Å². The molecule has 0 bridgehead atoms. The molecule has 22 heavy (non-hydrogen) atoms. The van der Waals surface area contributed by atoms with Crippen LogP contribution in [-0.2, 0) is 11.2 Å².